The number of rotatable bonds is 2. The second-order valence-electron chi connectivity index (χ2n) is 2.96. The molecule has 5 heteroatoms. The molecule has 0 aliphatic carbocycles. The summed E-state index contributed by atoms with van der Waals surface area (Å²) in [6, 6.07) is 0. The van der Waals surface area contributed by atoms with Gasteiger partial charge in [-0.1, -0.05) is 0 Å². The van der Waals surface area contributed by atoms with Crippen LogP contribution in [-0.4, -0.2) is 28.2 Å². The lowest BCUT2D eigenvalue weighted by molar-refractivity contribution is -0.147. The predicted molar refractivity (Wildman–Crippen MR) is 34.7 cm³/mol. The first-order chi connectivity index (χ1) is 4.84. The number of epoxide rings is 1. The fourth-order valence-electron chi connectivity index (χ4n) is 1.11. The molecule has 5 nitrogen and oxygen atoms in total. The monoisotopic (exact) mass is 159 g/mol. The topological polar surface area (TPSA) is 92.9 Å². The summed E-state index contributed by atoms with van der Waals surface area (Å²) in [5.41, 5.74) is 2.10. The number of carbonyl (C=O) groups is 2. The molecule has 1 aliphatic rings. The number of amides is 1. The van der Waals surface area contributed by atoms with Gasteiger partial charge in [0.25, 0.3) is 11.5 Å². The highest BCUT2D eigenvalue weighted by atomic mass is 16.7. The Kier molecular flexibility index (Phi) is 1.26. The predicted octanol–water partition coefficient (Wildman–Crippen LogP) is -0.896. The lowest BCUT2D eigenvalue weighted by Crippen LogP contribution is -2.44. The molecule has 1 rings (SSSR count). The Morgan fingerprint density at radius 3 is 1.82 bits per heavy atom. The van der Waals surface area contributed by atoms with Crippen molar-refractivity contribution in [2.45, 2.75) is 25.0 Å². The van der Waals surface area contributed by atoms with E-state index in [9.17, 15) is 9.59 Å². The largest absolute Gasteiger partial charge is 0.479 e. The first kappa shape index (κ1) is 8.00. The highest BCUT2D eigenvalue weighted by molar-refractivity contribution is 6.09. The van der Waals surface area contributed by atoms with Gasteiger partial charge in [-0.15, -0.1) is 0 Å². The van der Waals surface area contributed by atoms with Gasteiger partial charge in [0, 0.05) is 0 Å². The number of hydrogen-bond donors (Lipinski definition) is 2. The molecule has 0 bridgehead atoms. The number of carboxylic acid groups (broad SMARTS) is 1. The smallest absolute Gasteiger partial charge is 0.349 e. The maximum absolute atomic E-state index is 10.7. The summed E-state index contributed by atoms with van der Waals surface area (Å²) in [7, 11) is 0. The van der Waals surface area contributed by atoms with E-state index < -0.39 is 23.1 Å². The molecule has 0 spiro atoms. The van der Waals surface area contributed by atoms with Crippen molar-refractivity contribution < 1.29 is 19.4 Å². The van der Waals surface area contributed by atoms with Crippen LogP contribution in [0.25, 0.3) is 0 Å². The molecule has 3 N–H and O–H groups in total. The maximum Gasteiger partial charge on any atom is 0.349 e. The van der Waals surface area contributed by atoms with Gasteiger partial charge >= 0.3 is 5.97 Å². The molecule has 0 radical (unpaired) electrons. The van der Waals surface area contributed by atoms with Gasteiger partial charge in [-0.25, -0.2) is 4.79 Å². The Labute approximate surface area is 63.1 Å². The lowest BCUT2D eigenvalue weighted by Gasteiger charge is -2.03. The summed E-state index contributed by atoms with van der Waals surface area (Å²) in [6.07, 6.45) is 0. The molecule has 1 heterocycles. The molecule has 11 heavy (non-hydrogen) atoms. The minimum Gasteiger partial charge on any atom is -0.479 e. The fourth-order valence-corrected chi connectivity index (χ4v) is 1.11. The number of nitrogens with two attached hydrogens (primary N) is 1. The average Bonchev–Trinajstić information content (AvgIpc) is 2.35. The van der Waals surface area contributed by atoms with Crippen molar-refractivity contribution >= 4 is 11.9 Å². The van der Waals surface area contributed by atoms with Crippen molar-refractivity contribution in [3.63, 3.8) is 0 Å². The van der Waals surface area contributed by atoms with Gasteiger partial charge in [-0.05, 0) is 13.8 Å². The minimum absolute atomic E-state index is 0.949. The standard InChI is InChI=1S/C6H9NO4/c1-5(2)6(11-5,3(7)8)4(9)10/h1-2H3,(H2,7,8)(H,9,10). The molecular formula is C6H9NO4. The van der Waals surface area contributed by atoms with Crippen LogP contribution in [0.4, 0.5) is 0 Å². The summed E-state index contributed by atoms with van der Waals surface area (Å²) < 4.78 is 4.74. The third-order valence-corrected chi connectivity index (χ3v) is 1.86. The fraction of sp³-hybridized carbons (Fsp3) is 0.667. The second kappa shape index (κ2) is 1.73. The third-order valence-electron chi connectivity index (χ3n) is 1.86. The number of hydrogen-bond acceptors (Lipinski definition) is 3. The zero-order valence-corrected chi connectivity index (χ0v) is 6.25. The van der Waals surface area contributed by atoms with Gasteiger partial charge in [-0.2, -0.15) is 0 Å². The van der Waals surface area contributed by atoms with Crippen LogP contribution in [0.1, 0.15) is 13.8 Å². The molecule has 62 valence electrons. The molecule has 1 aliphatic heterocycles. The average molecular weight is 159 g/mol. The van der Waals surface area contributed by atoms with Crippen molar-refractivity contribution in [2.24, 2.45) is 5.73 Å². The van der Waals surface area contributed by atoms with Gasteiger partial charge in [-0.3, -0.25) is 4.79 Å². The third kappa shape index (κ3) is 0.742. The van der Waals surface area contributed by atoms with E-state index in [-0.39, 0.29) is 0 Å². The Morgan fingerprint density at radius 2 is 1.82 bits per heavy atom. The number of ether oxygens (including phenoxy) is 1. The van der Waals surface area contributed by atoms with E-state index in [1.165, 1.54) is 13.8 Å². The summed E-state index contributed by atoms with van der Waals surface area (Å²) >= 11 is 0. The molecule has 0 aromatic heterocycles. The van der Waals surface area contributed by atoms with E-state index in [0.717, 1.165) is 0 Å². The van der Waals surface area contributed by atoms with E-state index in [2.05, 4.69) is 0 Å². The van der Waals surface area contributed by atoms with E-state index >= 15 is 0 Å². The van der Waals surface area contributed by atoms with E-state index in [1.807, 2.05) is 0 Å². The quantitative estimate of drug-likeness (QED) is 0.403. The van der Waals surface area contributed by atoms with Crippen LogP contribution in [0, 0.1) is 0 Å². The van der Waals surface area contributed by atoms with Crippen molar-refractivity contribution in [2.75, 3.05) is 0 Å². The van der Waals surface area contributed by atoms with Gasteiger partial charge in [0.2, 0.25) is 0 Å². The normalized spacial score (nSPS) is 32.9. The number of aliphatic carboxylic acids is 1. The van der Waals surface area contributed by atoms with Gasteiger partial charge in [0.05, 0.1) is 0 Å². The molecule has 1 fully saturated rings. The van der Waals surface area contributed by atoms with Gasteiger partial charge < -0.3 is 15.6 Å². The Morgan fingerprint density at radius 1 is 1.45 bits per heavy atom. The zero-order valence-electron chi connectivity index (χ0n) is 6.25. The molecule has 0 saturated carbocycles. The van der Waals surface area contributed by atoms with Crippen LogP contribution in [0.3, 0.4) is 0 Å². The van der Waals surface area contributed by atoms with Gasteiger partial charge in [0.15, 0.2) is 0 Å². The van der Waals surface area contributed by atoms with Crippen LogP contribution in [0.2, 0.25) is 0 Å². The molecule has 1 unspecified atom stereocenters. The van der Waals surface area contributed by atoms with Crippen LogP contribution in [-0.2, 0) is 14.3 Å². The molecule has 1 amide bonds. The number of carboxylic acids is 1. The van der Waals surface area contributed by atoms with E-state index in [1.54, 1.807) is 0 Å². The Balaban J connectivity index is 2.98. The summed E-state index contributed by atoms with van der Waals surface area (Å²) in [5.74, 6) is -2.27. The Hall–Kier alpha value is -1.10. The highest BCUT2D eigenvalue weighted by Crippen LogP contribution is 2.47. The minimum atomic E-state index is -1.80. The number of carbonyl (C=O) groups excluding carboxylic acids is 1. The molecule has 1 saturated heterocycles. The molecule has 0 aromatic rings. The lowest BCUT2D eigenvalue weighted by atomic mass is 9.96. The van der Waals surface area contributed by atoms with Crippen LogP contribution in [0.15, 0.2) is 0 Å². The maximum atomic E-state index is 10.7. The molecule has 1 atom stereocenters. The summed E-state index contributed by atoms with van der Waals surface area (Å²) in [5, 5.41) is 8.58. The van der Waals surface area contributed by atoms with Gasteiger partial charge in [0.1, 0.15) is 5.60 Å². The SMILES string of the molecule is CC1(C)OC1(C(N)=O)C(=O)O. The molecule has 0 aromatic carbocycles. The van der Waals surface area contributed by atoms with Crippen molar-refractivity contribution in [3.8, 4) is 0 Å². The number of primary amides is 1. The Bertz CT molecular complexity index is 219. The zero-order chi connectivity index (χ0) is 8.86. The van der Waals surface area contributed by atoms with Crippen molar-refractivity contribution in [1.82, 2.24) is 0 Å². The first-order valence-electron chi connectivity index (χ1n) is 3.08. The summed E-state index contributed by atoms with van der Waals surface area (Å²) in [4.78, 5) is 21.2. The molecular weight excluding hydrogens is 150 g/mol. The first-order valence-corrected chi connectivity index (χ1v) is 3.08. The van der Waals surface area contributed by atoms with E-state index in [4.69, 9.17) is 15.6 Å². The van der Waals surface area contributed by atoms with E-state index in [0.29, 0.717) is 0 Å². The van der Waals surface area contributed by atoms with Crippen LogP contribution < -0.4 is 5.73 Å². The van der Waals surface area contributed by atoms with Crippen molar-refractivity contribution in [1.29, 1.82) is 0 Å². The second-order valence-corrected chi connectivity index (χ2v) is 2.96. The van der Waals surface area contributed by atoms with Crippen molar-refractivity contribution in [3.05, 3.63) is 0 Å². The van der Waals surface area contributed by atoms with Crippen LogP contribution >= 0.6 is 0 Å². The highest BCUT2D eigenvalue weighted by Gasteiger charge is 2.74. The van der Waals surface area contributed by atoms with Crippen LogP contribution in [0.5, 0.6) is 0 Å². The summed E-state index contributed by atoms with van der Waals surface area (Å²) in [6.45, 7) is 3.01.